The normalized spacial score (nSPS) is 13.2. The minimum Gasteiger partial charge on any atom is -0.464 e. The lowest BCUT2D eigenvalue weighted by Crippen LogP contribution is -2.53. The molecule has 1 aromatic heterocycles. The summed E-state index contributed by atoms with van der Waals surface area (Å²) in [5.74, 6) is -0.891. The molecule has 1 atom stereocenters. The number of aryl methyl sites for hydroxylation is 1. The van der Waals surface area contributed by atoms with Gasteiger partial charge in [0.2, 0.25) is 0 Å². The largest absolute Gasteiger partial charge is 0.464 e. The Morgan fingerprint density at radius 2 is 1.96 bits per heavy atom. The molecule has 1 N–H and O–H groups in total. The summed E-state index contributed by atoms with van der Waals surface area (Å²) >= 11 is 0. The highest BCUT2D eigenvalue weighted by molar-refractivity contribution is 5.97. The van der Waals surface area contributed by atoms with Crippen LogP contribution in [0.1, 0.15) is 63.2 Å². The first-order valence-electron chi connectivity index (χ1n) is 8.50. The lowest BCUT2D eigenvalue weighted by atomic mass is 9.93. The third-order valence-corrected chi connectivity index (χ3v) is 4.01. The molecular formula is C18H28N2O4. The van der Waals surface area contributed by atoms with Crippen LogP contribution < -0.4 is 10.9 Å². The van der Waals surface area contributed by atoms with Gasteiger partial charge in [0.25, 0.3) is 11.5 Å². The minimum absolute atomic E-state index is 0.238. The highest BCUT2D eigenvalue weighted by atomic mass is 16.5. The lowest BCUT2D eigenvalue weighted by molar-refractivity contribution is -0.150. The van der Waals surface area contributed by atoms with Crippen LogP contribution in [-0.4, -0.2) is 28.6 Å². The SMILES string of the molecule is CCCCCCC(C)(NC(=O)c1ccn(C)c(=O)c1)C(=O)OCC. The quantitative estimate of drug-likeness (QED) is 0.555. The van der Waals surface area contributed by atoms with Crippen LogP contribution in [0.15, 0.2) is 23.1 Å². The van der Waals surface area contributed by atoms with E-state index in [4.69, 9.17) is 4.74 Å². The summed E-state index contributed by atoms with van der Waals surface area (Å²) in [6.07, 6.45) is 6.02. The minimum atomic E-state index is -1.10. The summed E-state index contributed by atoms with van der Waals surface area (Å²) in [5, 5.41) is 2.76. The second kappa shape index (κ2) is 9.25. The highest BCUT2D eigenvalue weighted by Gasteiger charge is 2.36. The summed E-state index contributed by atoms with van der Waals surface area (Å²) < 4.78 is 6.51. The Bertz CT molecular complexity index is 624. The van der Waals surface area contributed by atoms with Crippen LogP contribution in [0.3, 0.4) is 0 Å². The van der Waals surface area contributed by atoms with Gasteiger partial charge in [-0.2, -0.15) is 0 Å². The van der Waals surface area contributed by atoms with Crippen molar-refractivity contribution in [2.75, 3.05) is 6.61 Å². The first kappa shape index (κ1) is 19.9. The molecule has 0 aliphatic heterocycles. The second-order valence-electron chi connectivity index (χ2n) is 6.18. The molecule has 0 spiro atoms. The summed E-state index contributed by atoms with van der Waals surface area (Å²) in [4.78, 5) is 36.4. The van der Waals surface area contributed by atoms with Crippen molar-refractivity contribution in [3.63, 3.8) is 0 Å². The average molecular weight is 336 g/mol. The molecule has 24 heavy (non-hydrogen) atoms. The predicted octanol–water partition coefficient (Wildman–Crippen LogP) is 2.41. The number of carbonyl (C=O) groups excluding carboxylic acids is 2. The number of hydrogen-bond donors (Lipinski definition) is 1. The number of esters is 1. The molecule has 0 aliphatic rings. The van der Waals surface area contributed by atoms with Crippen molar-refractivity contribution in [2.24, 2.45) is 7.05 Å². The number of pyridine rings is 1. The van der Waals surface area contributed by atoms with E-state index in [1.54, 1.807) is 27.0 Å². The van der Waals surface area contributed by atoms with Gasteiger partial charge < -0.3 is 14.6 Å². The van der Waals surface area contributed by atoms with Crippen molar-refractivity contribution in [2.45, 2.75) is 58.4 Å². The molecule has 0 fully saturated rings. The smallest absolute Gasteiger partial charge is 0.331 e. The molecule has 1 rings (SSSR count). The third-order valence-electron chi connectivity index (χ3n) is 4.01. The summed E-state index contributed by atoms with van der Waals surface area (Å²) in [5.41, 5.74) is -1.13. The van der Waals surface area contributed by atoms with Gasteiger partial charge in [-0.25, -0.2) is 4.79 Å². The predicted molar refractivity (Wildman–Crippen MR) is 92.9 cm³/mol. The van der Waals surface area contributed by atoms with Gasteiger partial charge in [0.1, 0.15) is 5.54 Å². The number of unbranched alkanes of at least 4 members (excludes halogenated alkanes) is 3. The van der Waals surface area contributed by atoms with E-state index in [0.717, 1.165) is 25.7 Å². The number of amides is 1. The number of hydrogen-bond acceptors (Lipinski definition) is 4. The van der Waals surface area contributed by atoms with Crippen LogP contribution in [0, 0.1) is 0 Å². The third kappa shape index (κ3) is 5.51. The molecule has 1 unspecified atom stereocenters. The molecule has 6 heteroatoms. The molecular weight excluding hydrogens is 308 g/mol. The zero-order valence-electron chi connectivity index (χ0n) is 15.1. The van der Waals surface area contributed by atoms with Crippen LogP contribution in [0.25, 0.3) is 0 Å². The number of carbonyl (C=O) groups is 2. The molecule has 0 bridgehead atoms. The first-order valence-corrected chi connectivity index (χ1v) is 8.50. The van der Waals surface area contributed by atoms with Crippen LogP contribution in [0.4, 0.5) is 0 Å². The molecule has 1 heterocycles. The number of ether oxygens (including phenoxy) is 1. The van der Waals surface area contributed by atoms with Gasteiger partial charge in [0.15, 0.2) is 0 Å². The Kier molecular flexibility index (Phi) is 7.68. The fourth-order valence-electron chi connectivity index (χ4n) is 2.42. The molecule has 0 radical (unpaired) electrons. The van der Waals surface area contributed by atoms with Crippen molar-refractivity contribution in [1.82, 2.24) is 9.88 Å². The Morgan fingerprint density at radius 3 is 2.54 bits per heavy atom. The number of nitrogens with zero attached hydrogens (tertiary/aromatic N) is 1. The van der Waals surface area contributed by atoms with E-state index in [1.807, 2.05) is 0 Å². The lowest BCUT2D eigenvalue weighted by Gasteiger charge is -2.28. The van der Waals surface area contributed by atoms with E-state index in [1.165, 1.54) is 16.8 Å². The highest BCUT2D eigenvalue weighted by Crippen LogP contribution is 2.18. The monoisotopic (exact) mass is 336 g/mol. The van der Waals surface area contributed by atoms with E-state index >= 15 is 0 Å². The zero-order valence-corrected chi connectivity index (χ0v) is 15.1. The van der Waals surface area contributed by atoms with Crippen molar-refractivity contribution in [3.05, 3.63) is 34.2 Å². The van der Waals surface area contributed by atoms with E-state index < -0.39 is 17.4 Å². The molecule has 0 aromatic carbocycles. The van der Waals surface area contributed by atoms with Gasteiger partial charge in [-0.1, -0.05) is 32.6 Å². The molecule has 0 saturated heterocycles. The van der Waals surface area contributed by atoms with Gasteiger partial charge in [0.05, 0.1) is 6.61 Å². The van der Waals surface area contributed by atoms with Gasteiger partial charge in [-0.05, 0) is 26.3 Å². The molecule has 6 nitrogen and oxygen atoms in total. The summed E-state index contributed by atoms with van der Waals surface area (Å²) in [6.45, 7) is 5.78. The Morgan fingerprint density at radius 1 is 1.25 bits per heavy atom. The van der Waals surface area contributed by atoms with Gasteiger partial charge in [-0.3, -0.25) is 9.59 Å². The van der Waals surface area contributed by atoms with Gasteiger partial charge in [0, 0.05) is 24.9 Å². The van der Waals surface area contributed by atoms with E-state index in [-0.39, 0.29) is 17.7 Å². The number of rotatable bonds is 9. The molecule has 134 valence electrons. The maximum absolute atomic E-state index is 12.5. The standard InChI is InChI=1S/C18H28N2O4/c1-5-7-8-9-11-18(3,17(23)24-6-2)19-16(22)14-10-12-20(4)15(21)13-14/h10,12-13H,5-9,11H2,1-4H3,(H,19,22). The fraction of sp³-hybridized carbons (Fsp3) is 0.611. The number of nitrogens with one attached hydrogen (secondary N) is 1. The van der Waals surface area contributed by atoms with Gasteiger partial charge >= 0.3 is 5.97 Å². The molecule has 1 amide bonds. The summed E-state index contributed by atoms with van der Waals surface area (Å²) in [7, 11) is 1.61. The molecule has 1 aromatic rings. The number of aromatic nitrogens is 1. The van der Waals surface area contributed by atoms with Crippen molar-refractivity contribution in [3.8, 4) is 0 Å². The maximum atomic E-state index is 12.5. The van der Waals surface area contributed by atoms with E-state index in [2.05, 4.69) is 12.2 Å². The Labute approximate surface area is 143 Å². The maximum Gasteiger partial charge on any atom is 0.331 e. The van der Waals surface area contributed by atoms with E-state index in [0.29, 0.717) is 6.42 Å². The van der Waals surface area contributed by atoms with Crippen LogP contribution in [0.5, 0.6) is 0 Å². The van der Waals surface area contributed by atoms with Crippen LogP contribution in [-0.2, 0) is 16.6 Å². The molecule has 0 aliphatic carbocycles. The fourth-order valence-corrected chi connectivity index (χ4v) is 2.42. The Balaban J connectivity index is 2.89. The van der Waals surface area contributed by atoms with Crippen molar-refractivity contribution >= 4 is 11.9 Å². The Hall–Kier alpha value is -2.11. The average Bonchev–Trinajstić information content (AvgIpc) is 2.54. The van der Waals surface area contributed by atoms with Crippen molar-refractivity contribution in [1.29, 1.82) is 0 Å². The van der Waals surface area contributed by atoms with E-state index in [9.17, 15) is 14.4 Å². The molecule has 0 saturated carbocycles. The topological polar surface area (TPSA) is 77.4 Å². The van der Waals surface area contributed by atoms with Gasteiger partial charge in [-0.15, -0.1) is 0 Å². The summed E-state index contributed by atoms with van der Waals surface area (Å²) in [6, 6.07) is 2.82. The zero-order chi connectivity index (χ0) is 18.2. The van der Waals surface area contributed by atoms with Crippen LogP contribution >= 0.6 is 0 Å². The van der Waals surface area contributed by atoms with Crippen LogP contribution in [0.2, 0.25) is 0 Å². The van der Waals surface area contributed by atoms with Crippen molar-refractivity contribution < 1.29 is 14.3 Å². The second-order valence-corrected chi connectivity index (χ2v) is 6.18. The first-order chi connectivity index (χ1) is 11.3.